The number of thiocarbonyl (C=S) groups is 1. The normalized spacial score (nSPS) is 11.7. The van der Waals surface area contributed by atoms with Crippen LogP contribution in [-0.2, 0) is 0 Å². The first-order chi connectivity index (χ1) is 12.5. The van der Waals surface area contributed by atoms with Crippen LogP contribution in [0.15, 0.2) is 72.8 Å². The Balaban J connectivity index is 1.86. The molecule has 0 aliphatic rings. The van der Waals surface area contributed by atoms with Gasteiger partial charge in [0.05, 0.1) is 6.04 Å². The molecule has 1 atom stereocenters. The predicted molar refractivity (Wildman–Crippen MR) is 115 cm³/mol. The van der Waals surface area contributed by atoms with Crippen molar-refractivity contribution in [2.75, 3.05) is 5.32 Å². The monoisotopic (exact) mass is 360 g/mol. The van der Waals surface area contributed by atoms with Crippen LogP contribution >= 0.6 is 12.2 Å². The lowest BCUT2D eigenvalue weighted by Crippen LogP contribution is -2.33. The molecule has 3 rings (SSSR count). The van der Waals surface area contributed by atoms with E-state index in [1.165, 1.54) is 27.8 Å². The van der Waals surface area contributed by atoms with Gasteiger partial charge < -0.3 is 10.6 Å². The van der Waals surface area contributed by atoms with Gasteiger partial charge in [-0.1, -0.05) is 72.3 Å². The molecule has 3 aromatic carbocycles. The van der Waals surface area contributed by atoms with Crippen molar-refractivity contribution in [1.29, 1.82) is 0 Å². The number of benzene rings is 3. The minimum atomic E-state index is 0.00292. The molecule has 0 aliphatic carbocycles. The van der Waals surface area contributed by atoms with Gasteiger partial charge in [0.25, 0.3) is 0 Å². The standard InChI is InChI=1S/C23H24N2S/c1-16-13-14-21(18(3)15-16)24-23(26)25-22(19-10-5-4-6-11-19)20-12-8-7-9-17(20)2/h4-15,22H,1-3H3,(H2,24,25,26). The van der Waals surface area contributed by atoms with E-state index in [0.717, 1.165) is 5.69 Å². The van der Waals surface area contributed by atoms with E-state index in [1.807, 2.05) is 6.07 Å². The van der Waals surface area contributed by atoms with E-state index in [-0.39, 0.29) is 6.04 Å². The fraction of sp³-hybridized carbons (Fsp3) is 0.174. The molecule has 0 fully saturated rings. The predicted octanol–water partition coefficient (Wildman–Crippen LogP) is 5.69. The van der Waals surface area contributed by atoms with Gasteiger partial charge in [-0.05, 0) is 61.3 Å². The van der Waals surface area contributed by atoms with Crippen LogP contribution in [0.1, 0.15) is 33.9 Å². The van der Waals surface area contributed by atoms with Gasteiger partial charge in [0.1, 0.15) is 0 Å². The second-order valence-corrected chi connectivity index (χ2v) is 7.03. The van der Waals surface area contributed by atoms with E-state index in [9.17, 15) is 0 Å². The number of rotatable bonds is 4. The summed E-state index contributed by atoms with van der Waals surface area (Å²) in [5, 5.41) is 7.47. The molecule has 0 radical (unpaired) electrons. The molecule has 2 N–H and O–H groups in total. The molecule has 1 unspecified atom stereocenters. The number of anilines is 1. The van der Waals surface area contributed by atoms with E-state index in [4.69, 9.17) is 12.2 Å². The minimum Gasteiger partial charge on any atom is -0.352 e. The summed E-state index contributed by atoms with van der Waals surface area (Å²) in [4.78, 5) is 0. The summed E-state index contributed by atoms with van der Waals surface area (Å²) in [5.74, 6) is 0. The van der Waals surface area contributed by atoms with E-state index in [1.54, 1.807) is 0 Å². The Labute approximate surface area is 161 Å². The van der Waals surface area contributed by atoms with Crippen LogP contribution in [0, 0.1) is 20.8 Å². The van der Waals surface area contributed by atoms with Gasteiger partial charge in [-0.2, -0.15) is 0 Å². The van der Waals surface area contributed by atoms with Crippen molar-refractivity contribution in [3.8, 4) is 0 Å². The molecular formula is C23H24N2S. The van der Waals surface area contributed by atoms with Gasteiger partial charge >= 0.3 is 0 Å². The van der Waals surface area contributed by atoms with Crippen LogP contribution in [0.3, 0.4) is 0 Å². The van der Waals surface area contributed by atoms with Crippen molar-refractivity contribution >= 4 is 23.0 Å². The molecule has 0 saturated heterocycles. The van der Waals surface area contributed by atoms with E-state index in [0.29, 0.717) is 5.11 Å². The first kappa shape index (κ1) is 18.2. The molecule has 26 heavy (non-hydrogen) atoms. The van der Waals surface area contributed by atoms with Crippen molar-refractivity contribution in [3.05, 3.63) is 101 Å². The van der Waals surface area contributed by atoms with Crippen molar-refractivity contribution in [2.24, 2.45) is 0 Å². The average Bonchev–Trinajstić information content (AvgIpc) is 2.63. The summed E-state index contributed by atoms with van der Waals surface area (Å²) in [7, 11) is 0. The fourth-order valence-electron chi connectivity index (χ4n) is 3.14. The molecular weight excluding hydrogens is 336 g/mol. The zero-order valence-corrected chi connectivity index (χ0v) is 16.2. The Kier molecular flexibility index (Phi) is 5.69. The van der Waals surface area contributed by atoms with Crippen LogP contribution in [0.4, 0.5) is 5.69 Å². The van der Waals surface area contributed by atoms with Crippen molar-refractivity contribution in [2.45, 2.75) is 26.8 Å². The Bertz CT molecular complexity index is 903. The van der Waals surface area contributed by atoms with Crippen LogP contribution in [0.25, 0.3) is 0 Å². The van der Waals surface area contributed by atoms with Crippen LogP contribution < -0.4 is 10.6 Å². The van der Waals surface area contributed by atoms with Gasteiger partial charge in [0, 0.05) is 5.69 Å². The molecule has 0 saturated carbocycles. The summed E-state index contributed by atoms with van der Waals surface area (Å²) >= 11 is 5.63. The Morgan fingerprint density at radius 3 is 2.19 bits per heavy atom. The summed E-state index contributed by atoms with van der Waals surface area (Å²) in [6, 6.07) is 25.1. The first-order valence-corrected chi connectivity index (χ1v) is 9.20. The lowest BCUT2D eigenvalue weighted by Gasteiger charge is -2.24. The van der Waals surface area contributed by atoms with Gasteiger partial charge in [0.15, 0.2) is 5.11 Å². The highest BCUT2D eigenvalue weighted by Gasteiger charge is 2.17. The Hall–Kier alpha value is -2.65. The molecule has 2 nitrogen and oxygen atoms in total. The highest BCUT2D eigenvalue weighted by Crippen LogP contribution is 2.25. The molecule has 0 amide bonds. The number of hydrogen-bond donors (Lipinski definition) is 2. The van der Waals surface area contributed by atoms with Gasteiger partial charge in [-0.3, -0.25) is 0 Å². The molecule has 0 aromatic heterocycles. The second-order valence-electron chi connectivity index (χ2n) is 6.62. The Morgan fingerprint density at radius 2 is 1.50 bits per heavy atom. The second kappa shape index (κ2) is 8.15. The molecule has 0 bridgehead atoms. The van der Waals surface area contributed by atoms with Gasteiger partial charge in [0.2, 0.25) is 0 Å². The van der Waals surface area contributed by atoms with Crippen molar-refractivity contribution < 1.29 is 0 Å². The van der Waals surface area contributed by atoms with Crippen LogP contribution in [-0.4, -0.2) is 5.11 Å². The highest BCUT2D eigenvalue weighted by molar-refractivity contribution is 7.80. The average molecular weight is 361 g/mol. The summed E-state index contributed by atoms with van der Waals surface area (Å²) in [6.45, 7) is 6.32. The zero-order chi connectivity index (χ0) is 18.5. The molecule has 3 heteroatoms. The number of aryl methyl sites for hydroxylation is 3. The lowest BCUT2D eigenvalue weighted by atomic mass is 9.95. The van der Waals surface area contributed by atoms with Crippen LogP contribution in [0.5, 0.6) is 0 Å². The highest BCUT2D eigenvalue weighted by atomic mass is 32.1. The summed E-state index contributed by atoms with van der Waals surface area (Å²) in [6.07, 6.45) is 0. The molecule has 0 aliphatic heterocycles. The van der Waals surface area contributed by atoms with Crippen molar-refractivity contribution in [1.82, 2.24) is 5.32 Å². The quantitative estimate of drug-likeness (QED) is 0.585. The lowest BCUT2D eigenvalue weighted by molar-refractivity contribution is 0.762. The molecule has 132 valence electrons. The van der Waals surface area contributed by atoms with Gasteiger partial charge in [-0.25, -0.2) is 0 Å². The van der Waals surface area contributed by atoms with E-state index < -0.39 is 0 Å². The van der Waals surface area contributed by atoms with Gasteiger partial charge in [-0.15, -0.1) is 0 Å². The SMILES string of the molecule is Cc1ccc(NC(=S)NC(c2ccccc2)c2ccccc2C)c(C)c1. The maximum absolute atomic E-state index is 5.63. The summed E-state index contributed by atoms with van der Waals surface area (Å²) in [5.41, 5.74) is 7.11. The minimum absolute atomic E-state index is 0.00292. The van der Waals surface area contributed by atoms with E-state index in [2.05, 4.69) is 98.1 Å². The molecule has 0 heterocycles. The maximum atomic E-state index is 5.63. The van der Waals surface area contributed by atoms with E-state index >= 15 is 0 Å². The fourth-order valence-corrected chi connectivity index (χ4v) is 3.37. The third-order valence-corrected chi connectivity index (χ3v) is 4.76. The first-order valence-electron chi connectivity index (χ1n) is 8.80. The molecule has 3 aromatic rings. The topological polar surface area (TPSA) is 24.1 Å². The molecule has 0 spiro atoms. The third-order valence-electron chi connectivity index (χ3n) is 4.54. The number of nitrogens with one attached hydrogen (secondary N) is 2. The Morgan fingerprint density at radius 1 is 0.808 bits per heavy atom. The largest absolute Gasteiger partial charge is 0.352 e. The third kappa shape index (κ3) is 4.30. The van der Waals surface area contributed by atoms with Crippen molar-refractivity contribution in [3.63, 3.8) is 0 Å². The maximum Gasteiger partial charge on any atom is 0.171 e. The smallest absolute Gasteiger partial charge is 0.171 e. The van der Waals surface area contributed by atoms with Crippen LogP contribution in [0.2, 0.25) is 0 Å². The summed E-state index contributed by atoms with van der Waals surface area (Å²) < 4.78 is 0. The number of hydrogen-bond acceptors (Lipinski definition) is 1. The zero-order valence-electron chi connectivity index (χ0n) is 15.4.